The van der Waals surface area contributed by atoms with Crippen molar-refractivity contribution in [2.75, 3.05) is 10.7 Å². The molecule has 2 aromatic rings. The van der Waals surface area contributed by atoms with Crippen LogP contribution in [-0.4, -0.2) is 15.0 Å². The van der Waals surface area contributed by atoms with Gasteiger partial charge < -0.3 is 9.73 Å². The Bertz CT molecular complexity index is 490. The average molecular weight is 234 g/mol. The van der Waals surface area contributed by atoms with Crippen LogP contribution in [0.3, 0.4) is 0 Å². The summed E-state index contributed by atoms with van der Waals surface area (Å²) in [6.07, 6.45) is 1.61. The normalized spacial score (nSPS) is 10.3. The van der Waals surface area contributed by atoms with Crippen LogP contribution in [0, 0.1) is 13.8 Å². The van der Waals surface area contributed by atoms with Crippen molar-refractivity contribution < 1.29 is 4.42 Å². The van der Waals surface area contributed by atoms with E-state index in [1.165, 1.54) is 0 Å². The zero-order valence-electron chi connectivity index (χ0n) is 9.69. The van der Waals surface area contributed by atoms with Gasteiger partial charge in [-0.3, -0.25) is 5.43 Å². The number of hydrogen-bond acceptors (Lipinski definition) is 7. The Morgan fingerprint density at radius 1 is 1.35 bits per heavy atom. The molecule has 0 atom stereocenters. The van der Waals surface area contributed by atoms with Crippen molar-refractivity contribution in [3.05, 3.63) is 29.6 Å². The summed E-state index contributed by atoms with van der Waals surface area (Å²) >= 11 is 0. The van der Waals surface area contributed by atoms with E-state index in [4.69, 9.17) is 10.3 Å². The summed E-state index contributed by atoms with van der Waals surface area (Å²) in [7, 11) is 0. The fraction of sp³-hybridized carbons (Fsp3) is 0.300. The maximum Gasteiger partial charge on any atom is 0.239 e. The standard InChI is InChI=1S/C10H14N6O/c1-6-7(2)17-9(14-6)5-13-8-3-4-12-10(15-8)16-11/h3-4H,5,11H2,1-2H3,(H2,12,13,15,16). The summed E-state index contributed by atoms with van der Waals surface area (Å²) in [6.45, 7) is 4.26. The molecule has 0 amide bonds. The Kier molecular flexibility index (Phi) is 3.20. The summed E-state index contributed by atoms with van der Waals surface area (Å²) in [4.78, 5) is 12.3. The summed E-state index contributed by atoms with van der Waals surface area (Å²) in [6, 6.07) is 1.74. The van der Waals surface area contributed by atoms with Gasteiger partial charge in [0.1, 0.15) is 11.6 Å². The van der Waals surface area contributed by atoms with Crippen molar-refractivity contribution in [1.82, 2.24) is 15.0 Å². The second-order valence-electron chi connectivity index (χ2n) is 3.51. The minimum absolute atomic E-state index is 0.356. The molecule has 0 aliphatic rings. The van der Waals surface area contributed by atoms with Gasteiger partial charge in [0.05, 0.1) is 12.2 Å². The van der Waals surface area contributed by atoms with Gasteiger partial charge in [0.25, 0.3) is 0 Å². The van der Waals surface area contributed by atoms with Crippen LogP contribution in [0.5, 0.6) is 0 Å². The van der Waals surface area contributed by atoms with Crippen LogP contribution in [0.25, 0.3) is 0 Å². The number of anilines is 2. The number of nitrogen functional groups attached to an aromatic ring is 1. The summed E-state index contributed by atoms with van der Waals surface area (Å²) in [5.41, 5.74) is 3.27. The van der Waals surface area contributed by atoms with Crippen molar-refractivity contribution in [2.24, 2.45) is 5.84 Å². The van der Waals surface area contributed by atoms with Crippen molar-refractivity contribution in [2.45, 2.75) is 20.4 Å². The molecule has 17 heavy (non-hydrogen) atoms. The fourth-order valence-electron chi connectivity index (χ4n) is 1.31. The number of aromatic nitrogens is 3. The van der Waals surface area contributed by atoms with Crippen LogP contribution in [0.4, 0.5) is 11.8 Å². The Morgan fingerprint density at radius 2 is 2.18 bits per heavy atom. The van der Waals surface area contributed by atoms with Crippen molar-refractivity contribution in [3.8, 4) is 0 Å². The topological polar surface area (TPSA) is 102 Å². The molecule has 2 heterocycles. The van der Waals surface area contributed by atoms with Crippen LogP contribution < -0.4 is 16.6 Å². The van der Waals surface area contributed by atoms with Gasteiger partial charge in [-0.25, -0.2) is 15.8 Å². The lowest BCUT2D eigenvalue weighted by atomic mass is 10.4. The SMILES string of the molecule is Cc1nc(CNc2ccnc(NN)n2)oc1C. The minimum atomic E-state index is 0.356. The second-order valence-corrected chi connectivity index (χ2v) is 3.51. The first-order valence-electron chi connectivity index (χ1n) is 5.15. The van der Waals surface area contributed by atoms with E-state index in [1.54, 1.807) is 12.3 Å². The number of nitrogens with zero attached hydrogens (tertiary/aromatic N) is 3. The molecule has 0 fully saturated rings. The van der Waals surface area contributed by atoms with Gasteiger partial charge in [-0.15, -0.1) is 0 Å². The number of hydrazine groups is 1. The molecule has 4 N–H and O–H groups in total. The number of rotatable bonds is 4. The average Bonchev–Trinajstić information content (AvgIpc) is 2.67. The first-order valence-corrected chi connectivity index (χ1v) is 5.15. The van der Waals surface area contributed by atoms with E-state index in [2.05, 4.69) is 25.7 Å². The molecule has 0 unspecified atom stereocenters. The Hall–Kier alpha value is -2.15. The van der Waals surface area contributed by atoms with Gasteiger partial charge in [-0.05, 0) is 19.9 Å². The molecule has 7 nitrogen and oxygen atoms in total. The van der Waals surface area contributed by atoms with E-state index in [0.717, 1.165) is 11.5 Å². The molecule has 0 saturated carbocycles. The molecule has 90 valence electrons. The molecule has 0 radical (unpaired) electrons. The van der Waals surface area contributed by atoms with Crippen LogP contribution in [-0.2, 0) is 6.54 Å². The lowest BCUT2D eigenvalue weighted by Gasteiger charge is -2.03. The molecule has 2 aromatic heterocycles. The lowest BCUT2D eigenvalue weighted by Crippen LogP contribution is -2.11. The van der Waals surface area contributed by atoms with Crippen molar-refractivity contribution >= 4 is 11.8 Å². The third-order valence-corrected chi connectivity index (χ3v) is 2.28. The number of oxazole rings is 1. The largest absolute Gasteiger partial charge is 0.444 e. The van der Waals surface area contributed by atoms with E-state index in [1.807, 2.05) is 13.8 Å². The molecule has 0 bridgehead atoms. The smallest absolute Gasteiger partial charge is 0.239 e. The molecule has 0 aliphatic heterocycles. The predicted molar refractivity (Wildman–Crippen MR) is 63.1 cm³/mol. The number of nitrogens with one attached hydrogen (secondary N) is 2. The maximum atomic E-state index is 5.44. The lowest BCUT2D eigenvalue weighted by molar-refractivity contribution is 0.478. The van der Waals surface area contributed by atoms with Gasteiger partial charge in [-0.2, -0.15) is 4.98 Å². The summed E-state index contributed by atoms with van der Waals surface area (Å²) in [5, 5.41) is 3.07. The highest BCUT2D eigenvalue weighted by Gasteiger charge is 2.05. The van der Waals surface area contributed by atoms with Crippen LogP contribution in [0.2, 0.25) is 0 Å². The van der Waals surface area contributed by atoms with Gasteiger partial charge in [0.2, 0.25) is 11.8 Å². The number of nitrogens with two attached hydrogens (primary N) is 1. The molecule has 0 aromatic carbocycles. The van der Waals surface area contributed by atoms with Crippen LogP contribution in [0.15, 0.2) is 16.7 Å². The first-order chi connectivity index (χ1) is 8.19. The third-order valence-electron chi connectivity index (χ3n) is 2.28. The van der Waals surface area contributed by atoms with E-state index >= 15 is 0 Å². The van der Waals surface area contributed by atoms with E-state index in [0.29, 0.717) is 24.2 Å². The highest BCUT2D eigenvalue weighted by atomic mass is 16.4. The van der Waals surface area contributed by atoms with E-state index in [9.17, 15) is 0 Å². The second kappa shape index (κ2) is 4.79. The monoisotopic (exact) mass is 234 g/mol. The quantitative estimate of drug-likeness (QED) is 0.535. The minimum Gasteiger partial charge on any atom is -0.444 e. The molecule has 0 spiro atoms. The van der Waals surface area contributed by atoms with Crippen molar-refractivity contribution in [3.63, 3.8) is 0 Å². The third kappa shape index (κ3) is 2.70. The summed E-state index contributed by atoms with van der Waals surface area (Å²) in [5.74, 6) is 7.68. The predicted octanol–water partition coefficient (Wildman–Crippen LogP) is 0.979. The Labute approximate surface area is 98.4 Å². The highest BCUT2D eigenvalue weighted by Crippen LogP contribution is 2.10. The van der Waals surface area contributed by atoms with E-state index in [-0.39, 0.29) is 0 Å². The number of hydrogen-bond donors (Lipinski definition) is 3. The van der Waals surface area contributed by atoms with Gasteiger partial charge in [0, 0.05) is 6.20 Å². The molecular weight excluding hydrogens is 220 g/mol. The maximum absolute atomic E-state index is 5.44. The molecule has 2 rings (SSSR count). The molecule has 0 aliphatic carbocycles. The molecular formula is C10H14N6O. The zero-order chi connectivity index (χ0) is 12.3. The van der Waals surface area contributed by atoms with Crippen molar-refractivity contribution in [1.29, 1.82) is 0 Å². The van der Waals surface area contributed by atoms with Crippen LogP contribution in [0.1, 0.15) is 17.3 Å². The molecule has 0 saturated heterocycles. The summed E-state index contributed by atoms with van der Waals surface area (Å²) < 4.78 is 5.44. The first kappa shape index (κ1) is 11.3. The van der Waals surface area contributed by atoms with Crippen LogP contribution >= 0.6 is 0 Å². The van der Waals surface area contributed by atoms with Gasteiger partial charge in [-0.1, -0.05) is 0 Å². The fourth-order valence-corrected chi connectivity index (χ4v) is 1.31. The highest BCUT2D eigenvalue weighted by molar-refractivity contribution is 5.38. The van der Waals surface area contributed by atoms with E-state index < -0.39 is 0 Å². The van der Waals surface area contributed by atoms with Gasteiger partial charge in [0.15, 0.2) is 0 Å². The number of aryl methyl sites for hydroxylation is 2. The zero-order valence-corrected chi connectivity index (χ0v) is 9.69. The Morgan fingerprint density at radius 3 is 2.82 bits per heavy atom. The Balaban J connectivity index is 2.01. The molecule has 7 heteroatoms. The van der Waals surface area contributed by atoms with Gasteiger partial charge >= 0.3 is 0 Å².